The lowest BCUT2D eigenvalue weighted by Gasteiger charge is -2.34. The summed E-state index contributed by atoms with van der Waals surface area (Å²) < 4.78 is 11.8. The van der Waals surface area contributed by atoms with Gasteiger partial charge in [-0.3, -0.25) is 9.59 Å². The number of hydrogen-bond acceptors (Lipinski definition) is 4. The van der Waals surface area contributed by atoms with Crippen molar-refractivity contribution in [1.82, 2.24) is 10.2 Å². The van der Waals surface area contributed by atoms with Crippen LogP contribution >= 0.6 is 0 Å². The standard InChI is InChI=1S/C26H34N2O4/c1-4-31-22-12-8-9-13-23(22)32-21-14-16-28(17-15-21)26(30)25(20-10-6-5-7-11-20)27-24(29)18-19(2)3/h5-13,19,21,25H,4,14-18H2,1-3H3,(H,27,29). The summed E-state index contributed by atoms with van der Waals surface area (Å²) in [5.74, 6) is 1.54. The van der Waals surface area contributed by atoms with Crippen molar-refractivity contribution >= 4 is 11.8 Å². The number of carbonyl (C=O) groups excluding carboxylic acids is 2. The van der Waals surface area contributed by atoms with Gasteiger partial charge in [-0.25, -0.2) is 0 Å². The van der Waals surface area contributed by atoms with Crippen molar-refractivity contribution < 1.29 is 19.1 Å². The number of carbonyl (C=O) groups is 2. The van der Waals surface area contributed by atoms with Crippen LogP contribution in [0, 0.1) is 5.92 Å². The first kappa shape index (κ1) is 23.6. The van der Waals surface area contributed by atoms with Crippen molar-refractivity contribution in [2.45, 2.75) is 52.2 Å². The Balaban J connectivity index is 1.63. The second-order valence-corrected chi connectivity index (χ2v) is 8.53. The van der Waals surface area contributed by atoms with Crippen LogP contribution in [-0.4, -0.2) is 42.5 Å². The van der Waals surface area contributed by atoms with Crippen LogP contribution in [0.4, 0.5) is 0 Å². The molecule has 0 bridgehead atoms. The third-order valence-electron chi connectivity index (χ3n) is 5.48. The van der Waals surface area contributed by atoms with Crippen LogP contribution in [0.25, 0.3) is 0 Å². The van der Waals surface area contributed by atoms with Gasteiger partial charge in [-0.1, -0.05) is 56.3 Å². The molecule has 6 nitrogen and oxygen atoms in total. The average Bonchev–Trinajstić information content (AvgIpc) is 2.79. The summed E-state index contributed by atoms with van der Waals surface area (Å²) in [5.41, 5.74) is 0.804. The van der Waals surface area contributed by atoms with Crippen molar-refractivity contribution in [3.8, 4) is 11.5 Å². The summed E-state index contributed by atoms with van der Waals surface area (Å²) in [4.78, 5) is 27.7. The Kier molecular flexibility index (Phi) is 8.54. The highest BCUT2D eigenvalue weighted by Crippen LogP contribution is 2.30. The van der Waals surface area contributed by atoms with Gasteiger partial charge in [0.05, 0.1) is 6.61 Å². The van der Waals surface area contributed by atoms with Gasteiger partial charge in [0.25, 0.3) is 0 Å². The molecule has 2 aromatic rings. The molecule has 1 aliphatic rings. The first-order valence-electron chi connectivity index (χ1n) is 11.5. The van der Waals surface area contributed by atoms with Crippen molar-refractivity contribution in [3.63, 3.8) is 0 Å². The fraction of sp³-hybridized carbons (Fsp3) is 0.462. The monoisotopic (exact) mass is 438 g/mol. The van der Waals surface area contributed by atoms with E-state index in [0.717, 1.165) is 29.9 Å². The third-order valence-corrected chi connectivity index (χ3v) is 5.48. The highest BCUT2D eigenvalue weighted by atomic mass is 16.5. The molecule has 0 aromatic heterocycles. The predicted octanol–water partition coefficient (Wildman–Crippen LogP) is 4.36. The van der Waals surface area contributed by atoms with Gasteiger partial charge in [0.1, 0.15) is 12.1 Å². The van der Waals surface area contributed by atoms with E-state index in [9.17, 15) is 9.59 Å². The first-order valence-corrected chi connectivity index (χ1v) is 11.5. The molecule has 2 amide bonds. The second kappa shape index (κ2) is 11.6. The van der Waals surface area contributed by atoms with E-state index in [1.54, 1.807) is 0 Å². The van der Waals surface area contributed by atoms with Crippen LogP contribution < -0.4 is 14.8 Å². The Morgan fingerprint density at radius 1 is 1.00 bits per heavy atom. The summed E-state index contributed by atoms with van der Waals surface area (Å²) in [6.45, 7) is 7.69. The summed E-state index contributed by atoms with van der Waals surface area (Å²) >= 11 is 0. The number of piperidine rings is 1. The van der Waals surface area contributed by atoms with E-state index >= 15 is 0 Å². The molecule has 32 heavy (non-hydrogen) atoms. The minimum absolute atomic E-state index is 0.0198. The molecule has 0 radical (unpaired) electrons. The van der Waals surface area contributed by atoms with E-state index < -0.39 is 6.04 Å². The maximum atomic E-state index is 13.4. The van der Waals surface area contributed by atoms with E-state index in [4.69, 9.17) is 9.47 Å². The highest BCUT2D eigenvalue weighted by molar-refractivity contribution is 5.88. The predicted molar refractivity (Wildman–Crippen MR) is 125 cm³/mol. The molecule has 6 heteroatoms. The van der Waals surface area contributed by atoms with E-state index in [0.29, 0.717) is 26.1 Å². The number of hydrogen-bond donors (Lipinski definition) is 1. The fourth-order valence-corrected chi connectivity index (χ4v) is 3.90. The molecule has 1 N–H and O–H groups in total. The van der Waals surface area contributed by atoms with Crippen LogP contribution in [0.15, 0.2) is 54.6 Å². The van der Waals surface area contributed by atoms with Crippen molar-refractivity contribution in [3.05, 3.63) is 60.2 Å². The number of ether oxygens (including phenoxy) is 2. The number of likely N-dealkylation sites (tertiary alicyclic amines) is 1. The van der Waals surface area contributed by atoms with Gasteiger partial charge >= 0.3 is 0 Å². The van der Waals surface area contributed by atoms with Crippen LogP contribution in [0.3, 0.4) is 0 Å². The van der Waals surface area contributed by atoms with Gasteiger partial charge in [-0.2, -0.15) is 0 Å². The van der Waals surface area contributed by atoms with Crippen molar-refractivity contribution in [1.29, 1.82) is 0 Å². The lowest BCUT2D eigenvalue weighted by atomic mass is 10.0. The largest absolute Gasteiger partial charge is 0.490 e. The number of nitrogens with zero attached hydrogens (tertiary/aromatic N) is 1. The van der Waals surface area contributed by atoms with Crippen LogP contribution in [0.1, 0.15) is 51.6 Å². The Hall–Kier alpha value is -3.02. The number of amides is 2. The average molecular weight is 439 g/mol. The first-order chi connectivity index (χ1) is 15.5. The topological polar surface area (TPSA) is 67.9 Å². The lowest BCUT2D eigenvalue weighted by Crippen LogP contribution is -2.47. The summed E-state index contributed by atoms with van der Waals surface area (Å²) in [6.07, 6.45) is 1.87. The van der Waals surface area contributed by atoms with Gasteiger partial charge < -0.3 is 19.7 Å². The smallest absolute Gasteiger partial charge is 0.249 e. The second-order valence-electron chi connectivity index (χ2n) is 8.53. The maximum absolute atomic E-state index is 13.4. The zero-order valence-corrected chi connectivity index (χ0v) is 19.3. The lowest BCUT2D eigenvalue weighted by molar-refractivity contribution is -0.138. The molecule has 2 aromatic carbocycles. The summed E-state index contributed by atoms with van der Waals surface area (Å²) in [5, 5.41) is 2.96. The number of rotatable bonds is 9. The van der Waals surface area contributed by atoms with Crippen molar-refractivity contribution in [2.24, 2.45) is 5.92 Å². The third kappa shape index (κ3) is 6.49. The van der Waals surface area contributed by atoms with Gasteiger partial charge in [0, 0.05) is 32.4 Å². The minimum Gasteiger partial charge on any atom is -0.490 e. The number of para-hydroxylation sites is 2. The Morgan fingerprint density at radius 2 is 1.62 bits per heavy atom. The van der Waals surface area contributed by atoms with E-state index in [1.165, 1.54) is 0 Å². The zero-order valence-electron chi connectivity index (χ0n) is 19.3. The number of benzene rings is 2. The van der Waals surface area contributed by atoms with E-state index in [-0.39, 0.29) is 23.8 Å². The zero-order chi connectivity index (χ0) is 22.9. The molecule has 1 saturated heterocycles. The molecule has 1 fully saturated rings. The van der Waals surface area contributed by atoms with Crippen LogP contribution in [-0.2, 0) is 9.59 Å². The molecule has 1 atom stereocenters. The van der Waals surface area contributed by atoms with Gasteiger partial charge in [-0.05, 0) is 30.5 Å². The van der Waals surface area contributed by atoms with Gasteiger partial charge in [0.15, 0.2) is 11.5 Å². The Labute approximate surface area is 190 Å². The molecule has 1 aliphatic heterocycles. The Morgan fingerprint density at radius 3 is 2.25 bits per heavy atom. The quantitative estimate of drug-likeness (QED) is 0.632. The molecule has 0 saturated carbocycles. The van der Waals surface area contributed by atoms with E-state index in [1.807, 2.05) is 80.3 Å². The van der Waals surface area contributed by atoms with Crippen molar-refractivity contribution in [2.75, 3.05) is 19.7 Å². The summed E-state index contributed by atoms with van der Waals surface area (Å²) in [6, 6.07) is 16.5. The van der Waals surface area contributed by atoms with Gasteiger partial charge in [0.2, 0.25) is 11.8 Å². The molecule has 1 heterocycles. The highest BCUT2D eigenvalue weighted by Gasteiger charge is 2.31. The normalized spacial score (nSPS) is 15.3. The number of nitrogens with one attached hydrogen (secondary N) is 1. The van der Waals surface area contributed by atoms with Gasteiger partial charge in [-0.15, -0.1) is 0 Å². The molecule has 0 spiro atoms. The SMILES string of the molecule is CCOc1ccccc1OC1CCN(C(=O)C(NC(=O)CC(C)C)c2ccccc2)CC1. The molecular formula is C26H34N2O4. The minimum atomic E-state index is -0.668. The maximum Gasteiger partial charge on any atom is 0.249 e. The molecule has 0 aliphatic carbocycles. The molecule has 3 rings (SSSR count). The molecule has 172 valence electrons. The van der Waals surface area contributed by atoms with Crippen LogP contribution in [0.5, 0.6) is 11.5 Å². The molecule has 1 unspecified atom stereocenters. The van der Waals surface area contributed by atoms with E-state index in [2.05, 4.69) is 5.32 Å². The molecular weight excluding hydrogens is 404 g/mol. The van der Waals surface area contributed by atoms with Crippen LogP contribution in [0.2, 0.25) is 0 Å². The Bertz CT molecular complexity index is 876. The summed E-state index contributed by atoms with van der Waals surface area (Å²) in [7, 11) is 0. The fourth-order valence-electron chi connectivity index (χ4n) is 3.90.